The second-order valence-electron chi connectivity index (χ2n) is 4.76. The summed E-state index contributed by atoms with van der Waals surface area (Å²) >= 11 is 5.75. The first-order valence-electron chi connectivity index (χ1n) is 6.62. The van der Waals surface area contributed by atoms with E-state index < -0.39 is 0 Å². The number of nitrogens with zero attached hydrogens (tertiary/aromatic N) is 1. The first kappa shape index (κ1) is 13.8. The van der Waals surface area contributed by atoms with E-state index in [-0.39, 0.29) is 10.8 Å². The molecule has 1 saturated heterocycles. The SMILES string of the molecule is CCC[C@@H](c1ccc(Cl)c(F)c1)N1CCNCC1. The zero-order valence-electron chi connectivity index (χ0n) is 10.8. The highest BCUT2D eigenvalue weighted by Crippen LogP contribution is 2.28. The van der Waals surface area contributed by atoms with Crippen molar-refractivity contribution in [2.75, 3.05) is 26.2 Å². The molecule has 2 rings (SSSR count). The molecule has 1 aliphatic heterocycles. The molecule has 1 aromatic carbocycles. The summed E-state index contributed by atoms with van der Waals surface area (Å²) in [5.74, 6) is -0.314. The van der Waals surface area contributed by atoms with Crippen LogP contribution in [0.2, 0.25) is 5.02 Å². The lowest BCUT2D eigenvalue weighted by atomic mass is 10.00. The van der Waals surface area contributed by atoms with Gasteiger partial charge in [-0.05, 0) is 24.1 Å². The van der Waals surface area contributed by atoms with Crippen LogP contribution in [0.15, 0.2) is 18.2 Å². The van der Waals surface area contributed by atoms with Crippen molar-refractivity contribution in [2.24, 2.45) is 0 Å². The smallest absolute Gasteiger partial charge is 0.142 e. The quantitative estimate of drug-likeness (QED) is 0.904. The van der Waals surface area contributed by atoms with E-state index in [1.165, 1.54) is 0 Å². The molecule has 18 heavy (non-hydrogen) atoms. The molecule has 1 fully saturated rings. The standard InChI is InChI=1S/C14H20ClFN2/c1-2-3-14(18-8-6-17-7-9-18)11-4-5-12(15)13(16)10-11/h4-5,10,14,17H,2-3,6-9H2,1H3/t14-/m0/s1. The van der Waals surface area contributed by atoms with Crippen LogP contribution in [0.3, 0.4) is 0 Å². The summed E-state index contributed by atoms with van der Waals surface area (Å²) in [5.41, 5.74) is 1.04. The second-order valence-corrected chi connectivity index (χ2v) is 5.17. The summed E-state index contributed by atoms with van der Waals surface area (Å²) in [4.78, 5) is 2.43. The Bertz CT molecular complexity index is 391. The minimum absolute atomic E-state index is 0.203. The van der Waals surface area contributed by atoms with Crippen LogP contribution in [0, 0.1) is 5.82 Å². The Morgan fingerprint density at radius 3 is 2.72 bits per heavy atom. The van der Waals surface area contributed by atoms with Crippen molar-refractivity contribution in [3.05, 3.63) is 34.6 Å². The van der Waals surface area contributed by atoms with Crippen molar-refractivity contribution in [3.8, 4) is 0 Å². The van der Waals surface area contributed by atoms with Gasteiger partial charge in [0.1, 0.15) is 5.82 Å². The lowest BCUT2D eigenvalue weighted by Crippen LogP contribution is -2.45. The van der Waals surface area contributed by atoms with Gasteiger partial charge in [0.15, 0.2) is 0 Å². The highest BCUT2D eigenvalue weighted by molar-refractivity contribution is 6.30. The summed E-state index contributed by atoms with van der Waals surface area (Å²) < 4.78 is 13.6. The molecule has 4 heteroatoms. The van der Waals surface area contributed by atoms with E-state index in [0.717, 1.165) is 44.6 Å². The summed E-state index contributed by atoms with van der Waals surface area (Å²) in [6, 6.07) is 5.51. The molecule has 2 nitrogen and oxygen atoms in total. The first-order chi connectivity index (χ1) is 8.72. The Hall–Kier alpha value is -0.640. The number of hydrogen-bond acceptors (Lipinski definition) is 2. The molecule has 0 saturated carbocycles. The summed E-state index contributed by atoms with van der Waals surface area (Å²) in [6.07, 6.45) is 2.15. The average Bonchev–Trinajstić information content (AvgIpc) is 2.40. The maximum Gasteiger partial charge on any atom is 0.142 e. The summed E-state index contributed by atoms with van der Waals surface area (Å²) in [5, 5.41) is 3.55. The monoisotopic (exact) mass is 270 g/mol. The molecule has 1 aliphatic rings. The number of halogens is 2. The molecule has 100 valence electrons. The van der Waals surface area contributed by atoms with Crippen LogP contribution < -0.4 is 5.32 Å². The van der Waals surface area contributed by atoms with Gasteiger partial charge < -0.3 is 5.32 Å². The molecule has 0 unspecified atom stereocenters. The average molecular weight is 271 g/mol. The summed E-state index contributed by atoms with van der Waals surface area (Å²) in [6.45, 7) is 6.23. The molecular weight excluding hydrogens is 251 g/mol. The molecule has 1 N–H and O–H groups in total. The number of piperazine rings is 1. The molecule has 0 aliphatic carbocycles. The van der Waals surface area contributed by atoms with Gasteiger partial charge in [0.05, 0.1) is 5.02 Å². The number of rotatable bonds is 4. The van der Waals surface area contributed by atoms with E-state index >= 15 is 0 Å². The van der Waals surface area contributed by atoms with Crippen molar-refractivity contribution < 1.29 is 4.39 Å². The Kier molecular flexibility index (Phi) is 4.98. The van der Waals surface area contributed by atoms with E-state index in [1.54, 1.807) is 12.1 Å². The van der Waals surface area contributed by atoms with Crippen molar-refractivity contribution in [2.45, 2.75) is 25.8 Å². The molecule has 1 aromatic rings. The van der Waals surface area contributed by atoms with Crippen LogP contribution in [-0.2, 0) is 0 Å². The maximum atomic E-state index is 13.6. The van der Waals surface area contributed by atoms with Crippen LogP contribution in [0.1, 0.15) is 31.4 Å². The fourth-order valence-electron chi connectivity index (χ4n) is 2.55. The van der Waals surface area contributed by atoms with Gasteiger partial charge in [-0.2, -0.15) is 0 Å². The highest BCUT2D eigenvalue weighted by Gasteiger charge is 2.21. The molecule has 0 aromatic heterocycles. The minimum atomic E-state index is -0.314. The first-order valence-corrected chi connectivity index (χ1v) is 7.00. The van der Waals surface area contributed by atoms with E-state index in [2.05, 4.69) is 17.1 Å². The number of hydrogen-bond donors (Lipinski definition) is 1. The number of nitrogens with one attached hydrogen (secondary N) is 1. The molecule has 0 amide bonds. The van der Waals surface area contributed by atoms with E-state index in [9.17, 15) is 4.39 Å². The van der Waals surface area contributed by atoms with Gasteiger partial charge in [0, 0.05) is 32.2 Å². The Labute approximate surface area is 113 Å². The third-order valence-electron chi connectivity index (χ3n) is 3.48. The third kappa shape index (κ3) is 3.22. The molecule has 1 atom stereocenters. The largest absolute Gasteiger partial charge is 0.314 e. The zero-order chi connectivity index (χ0) is 13.0. The minimum Gasteiger partial charge on any atom is -0.314 e. The van der Waals surface area contributed by atoms with E-state index in [1.807, 2.05) is 6.07 Å². The van der Waals surface area contributed by atoms with Crippen molar-refractivity contribution in [1.82, 2.24) is 10.2 Å². The lowest BCUT2D eigenvalue weighted by Gasteiger charge is -2.35. The van der Waals surface area contributed by atoms with E-state index in [0.29, 0.717) is 6.04 Å². The van der Waals surface area contributed by atoms with Gasteiger partial charge in [-0.25, -0.2) is 4.39 Å². The predicted octanol–water partition coefficient (Wildman–Crippen LogP) is 3.23. The maximum absolute atomic E-state index is 13.6. The lowest BCUT2D eigenvalue weighted by molar-refractivity contribution is 0.164. The zero-order valence-corrected chi connectivity index (χ0v) is 11.5. The van der Waals surface area contributed by atoms with Crippen molar-refractivity contribution in [1.29, 1.82) is 0 Å². The summed E-state index contributed by atoms with van der Waals surface area (Å²) in [7, 11) is 0. The fraction of sp³-hybridized carbons (Fsp3) is 0.571. The van der Waals surface area contributed by atoms with Crippen LogP contribution in [0.4, 0.5) is 4.39 Å². The Morgan fingerprint density at radius 2 is 2.11 bits per heavy atom. The van der Waals surface area contributed by atoms with Gasteiger partial charge in [0.25, 0.3) is 0 Å². The van der Waals surface area contributed by atoms with Crippen LogP contribution in [0.25, 0.3) is 0 Å². The molecule has 1 heterocycles. The van der Waals surface area contributed by atoms with E-state index in [4.69, 9.17) is 11.6 Å². The fourth-order valence-corrected chi connectivity index (χ4v) is 2.66. The Balaban J connectivity index is 2.19. The van der Waals surface area contributed by atoms with Crippen LogP contribution in [0.5, 0.6) is 0 Å². The van der Waals surface area contributed by atoms with Gasteiger partial charge >= 0.3 is 0 Å². The van der Waals surface area contributed by atoms with Gasteiger partial charge in [-0.3, -0.25) is 4.90 Å². The second kappa shape index (κ2) is 6.50. The van der Waals surface area contributed by atoms with Crippen molar-refractivity contribution in [3.63, 3.8) is 0 Å². The molecule has 0 spiro atoms. The third-order valence-corrected chi connectivity index (χ3v) is 3.79. The van der Waals surface area contributed by atoms with Gasteiger partial charge in [-0.15, -0.1) is 0 Å². The van der Waals surface area contributed by atoms with Crippen molar-refractivity contribution >= 4 is 11.6 Å². The van der Waals surface area contributed by atoms with Crippen LogP contribution in [-0.4, -0.2) is 31.1 Å². The highest BCUT2D eigenvalue weighted by atomic mass is 35.5. The topological polar surface area (TPSA) is 15.3 Å². The van der Waals surface area contributed by atoms with Gasteiger partial charge in [0.2, 0.25) is 0 Å². The molecule has 0 bridgehead atoms. The molecule has 0 radical (unpaired) electrons. The Morgan fingerprint density at radius 1 is 1.39 bits per heavy atom. The molecular formula is C14H20ClFN2. The van der Waals surface area contributed by atoms with Gasteiger partial charge in [-0.1, -0.05) is 31.0 Å². The number of benzene rings is 1. The predicted molar refractivity (Wildman–Crippen MR) is 73.5 cm³/mol. The normalized spacial score (nSPS) is 18.8. The van der Waals surface area contributed by atoms with Crippen LogP contribution >= 0.6 is 11.6 Å².